The fraction of sp³-hybridized carbons (Fsp3) is 0.778. The van der Waals surface area contributed by atoms with E-state index in [9.17, 15) is 0 Å². The third kappa shape index (κ3) is 1.30. The minimum Gasteiger partial charge on any atom is -0.381 e. The zero-order valence-corrected chi connectivity index (χ0v) is 7.56. The zero-order chi connectivity index (χ0) is 8.84. The predicted octanol–water partition coefficient (Wildman–Crippen LogP) is 0.906. The average molecular weight is 178 g/mol. The molecule has 2 fully saturated rings. The minimum atomic E-state index is 0.531. The van der Waals surface area contributed by atoms with Crippen LogP contribution in [0.2, 0.25) is 0 Å². The highest BCUT2D eigenvalue weighted by atomic mass is 15.4. The van der Waals surface area contributed by atoms with Crippen molar-refractivity contribution in [3.63, 3.8) is 0 Å². The SMILES string of the molecule is Nc1cn(CC2CC3CC3C2)nn1. The fourth-order valence-electron chi connectivity index (χ4n) is 2.66. The van der Waals surface area contributed by atoms with Gasteiger partial charge in [-0.15, -0.1) is 5.10 Å². The van der Waals surface area contributed by atoms with Crippen LogP contribution in [0.25, 0.3) is 0 Å². The molecule has 0 amide bonds. The van der Waals surface area contributed by atoms with Gasteiger partial charge in [-0.2, -0.15) is 0 Å². The quantitative estimate of drug-likeness (QED) is 0.732. The third-order valence-electron chi connectivity index (χ3n) is 3.34. The van der Waals surface area contributed by atoms with Crippen molar-refractivity contribution in [3.05, 3.63) is 6.20 Å². The maximum atomic E-state index is 5.49. The van der Waals surface area contributed by atoms with E-state index >= 15 is 0 Å². The first kappa shape index (κ1) is 7.35. The predicted molar refractivity (Wildman–Crippen MR) is 48.8 cm³/mol. The molecule has 2 N–H and O–H groups in total. The Kier molecular flexibility index (Phi) is 1.39. The largest absolute Gasteiger partial charge is 0.381 e. The monoisotopic (exact) mass is 178 g/mol. The van der Waals surface area contributed by atoms with Crippen molar-refractivity contribution in [2.24, 2.45) is 17.8 Å². The fourth-order valence-corrected chi connectivity index (χ4v) is 2.66. The number of nitrogen functional groups attached to an aromatic ring is 1. The van der Waals surface area contributed by atoms with Gasteiger partial charge >= 0.3 is 0 Å². The van der Waals surface area contributed by atoms with Crippen LogP contribution in [0.3, 0.4) is 0 Å². The van der Waals surface area contributed by atoms with Crippen LogP contribution in [0.1, 0.15) is 19.3 Å². The van der Waals surface area contributed by atoms with Crippen LogP contribution in [-0.4, -0.2) is 15.0 Å². The number of nitrogens with zero attached hydrogens (tertiary/aromatic N) is 3. The molecule has 3 rings (SSSR count). The standard InChI is InChI=1S/C9H14N4/c10-9-5-13(12-11-9)4-6-1-7-3-8(7)2-6/h5-8H,1-4,10H2. The van der Waals surface area contributed by atoms with Crippen LogP contribution in [-0.2, 0) is 6.54 Å². The Bertz CT molecular complexity index is 309. The lowest BCUT2D eigenvalue weighted by atomic mass is 10.0. The van der Waals surface area contributed by atoms with E-state index < -0.39 is 0 Å². The van der Waals surface area contributed by atoms with E-state index in [0.29, 0.717) is 5.82 Å². The van der Waals surface area contributed by atoms with Crippen LogP contribution in [0.5, 0.6) is 0 Å². The van der Waals surface area contributed by atoms with E-state index in [1.165, 1.54) is 19.3 Å². The second kappa shape index (κ2) is 2.47. The molecule has 0 radical (unpaired) electrons. The summed E-state index contributed by atoms with van der Waals surface area (Å²) < 4.78 is 1.88. The summed E-state index contributed by atoms with van der Waals surface area (Å²) >= 11 is 0. The molecular weight excluding hydrogens is 164 g/mol. The lowest BCUT2D eigenvalue weighted by Crippen LogP contribution is -2.09. The summed E-state index contributed by atoms with van der Waals surface area (Å²) in [6.07, 6.45) is 6.09. The van der Waals surface area contributed by atoms with E-state index in [4.69, 9.17) is 5.73 Å². The number of hydrogen-bond donors (Lipinski definition) is 1. The first-order valence-electron chi connectivity index (χ1n) is 4.97. The lowest BCUT2D eigenvalue weighted by Gasteiger charge is -2.09. The first-order valence-corrected chi connectivity index (χ1v) is 4.97. The topological polar surface area (TPSA) is 56.7 Å². The third-order valence-corrected chi connectivity index (χ3v) is 3.34. The van der Waals surface area contributed by atoms with Crippen LogP contribution < -0.4 is 5.73 Å². The molecule has 2 saturated carbocycles. The van der Waals surface area contributed by atoms with Gasteiger partial charge in [-0.05, 0) is 37.0 Å². The van der Waals surface area contributed by atoms with Gasteiger partial charge in [0.1, 0.15) is 0 Å². The summed E-state index contributed by atoms with van der Waals surface area (Å²) in [7, 11) is 0. The summed E-state index contributed by atoms with van der Waals surface area (Å²) in [5, 5.41) is 7.74. The second-order valence-electron chi connectivity index (χ2n) is 4.46. The number of aromatic nitrogens is 3. The van der Waals surface area contributed by atoms with Crippen molar-refractivity contribution >= 4 is 5.82 Å². The van der Waals surface area contributed by atoms with Crippen molar-refractivity contribution in [2.45, 2.75) is 25.8 Å². The Morgan fingerprint density at radius 1 is 1.38 bits per heavy atom. The van der Waals surface area contributed by atoms with E-state index in [2.05, 4.69) is 10.3 Å². The van der Waals surface area contributed by atoms with Gasteiger partial charge in [0, 0.05) is 6.54 Å². The Morgan fingerprint density at radius 3 is 2.77 bits per heavy atom. The summed E-state index contributed by atoms with van der Waals surface area (Å²) in [6.45, 7) is 1.01. The smallest absolute Gasteiger partial charge is 0.165 e. The van der Waals surface area contributed by atoms with E-state index in [-0.39, 0.29) is 0 Å². The van der Waals surface area contributed by atoms with Gasteiger partial charge in [0.05, 0.1) is 6.20 Å². The Balaban J connectivity index is 1.63. The van der Waals surface area contributed by atoms with Gasteiger partial charge in [-0.1, -0.05) is 5.21 Å². The first-order chi connectivity index (χ1) is 6.31. The second-order valence-corrected chi connectivity index (χ2v) is 4.46. The van der Waals surface area contributed by atoms with Crippen molar-refractivity contribution in [1.82, 2.24) is 15.0 Å². The highest BCUT2D eigenvalue weighted by molar-refractivity contribution is 5.19. The van der Waals surface area contributed by atoms with Gasteiger partial charge < -0.3 is 5.73 Å². The molecule has 1 aromatic rings. The van der Waals surface area contributed by atoms with Gasteiger partial charge in [0.25, 0.3) is 0 Å². The van der Waals surface area contributed by atoms with Crippen LogP contribution in [0.15, 0.2) is 6.20 Å². The molecule has 0 bridgehead atoms. The summed E-state index contributed by atoms with van der Waals surface area (Å²) in [5.41, 5.74) is 5.49. The number of nitrogens with two attached hydrogens (primary N) is 1. The van der Waals surface area contributed by atoms with Crippen molar-refractivity contribution in [3.8, 4) is 0 Å². The number of hydrogen-bond acceptors (Lipinski definition) is 3. The zero-order valence-electron chi connectivity index (χ0n) is 7.56. The molecular formula is C9H14N4. The molecule has 13 heavy (non-hydrogen) atoms. The van der Waals surface area contributed by atoms with Crippen molar-refractivity contribution < 1.29 is 0 Å². The van der Waals surface area contributed by atoms with Gasteiger partial charge in [0.2, 0.25) is 0 Å². The summed E-state index contributed by atoms with van der Waals surface area (Å²) in [5.74, 6) is 3.45. The molecule has 70 valence electrons. The summed E-state index contributed by atoms with van der Waals surface area (Å²) in [6, 6.07) is 0. The number of fused-ring (bicyclic) bond motifs is 1. The molecule has 0 aromatic carbocycles. The molecule has 2 atom stereocenters. The highest BCUT2D eigenvalue weighted by Crippen LogP contribution is 2.54. The molecule has 1 aromatic heterocycles. The molecule has 2 aliphatic carbocycles. The highest BCUT2D eigenvalue weighted by Gasteiger charge is 2.45. The van der Waals surface area contributed by atoms with E-state index in [1.54, 1.807) is 0 Å². The van der Waals surface area contributed by atoms with Crippen LogP contribution in [0.4, 0.5) is 5.82 Å². The summed E-state index contributed by atoms with van der Waals surface area (Å²) in [4.78, 5) is 0. The minimum absolute atomic E-state index is 0.531. The van der Waals surface area contributed by atoms with Crippen LogP contribution in [0, 0.1) is 17.8 Å². The van der Waals surface area contributed by atoms with E-state index in [1.807, 2.05) is 10.9 Å². The van der Waals surface area contributed by atoms with Gasteiger partial charge in [-0.3, -0.25) is 4.68 Å². The van der Waals surface area contributed by atoms with Crippen LogP contribution >= 0.6 is 0 Å². The lowest BCUT2D eigenvalue weighted by molar-refractivity contribution is 0.389. The van der Waals surface area contributed by atoms with E-state index in [0.717, 1.165) is 24.3 Å². The number of rotatable bonds is 2. The molecule has 0 aliphatic heterocycles. The maximum Gasteiger partial charge on any atom is 0.165 e. The van der Waals surface area contributed by atoms with Gasteiger partial charge in [-0.25, -0.2) is 0 Å². The molecule has 2 unspecified atom stereocenters. The molecule has 4 heteroatoms. The molecule has 0 spiro atoms. The molecule has 0 saturated heterocycles. The Hall–Kier alpha value is -1.06. The average Bonchev–Trinajstić information content (AvgIpc) is 2.55. The number of anilines is 1. The van der Waals surface area contributed by atoms with Gasteiger partial charge in [0.15, 0.2) is 5.82 Å². The Morgan fingerprint density at radius 2 is 2.15 bits per heavy atom. The molecule has 2 aliphatic rings. The molecule has 1 heterocycles. The van der Waals surface area contributed by atoms with Crippen molar-refractivity contribution in [2.75, 3.05) is 5.73 Å². The Labute approximate surface area is 77.1 Å². The van der Waals surface area contributed by atoms with Crippen molar-refractivity contribution in [1.29, 1.82) is 0 Å². The normalized spacial score (nSPS) is 36.2. The molecule has 4 nitrogen and oxygen atoms in total. The maximum absolute atomic E-state index is 5.49.